The van der Waals surface area contributed by atoms with E-state index in [4.69, 9.17) is 4.74 Å². The highest BCUT2D eigenvalue weighted by atomic mass is 16.5. The third-order valence-corrected chi connectivity index (χ3v) is 2.70. The van der Waals surface area contributed by atoms with E-state index in [1.807, 2.05) is 30.3 Å². The highest BCUT2D eigenvalue weighted by molar-refractivity contribution is 6.01. The van der Waals surface area contributed by atoms with Crippen molar-refractivity contribution in [2.45, 2.75) is 20.5 Å². The summed E-state index contributed by atoms with van der Waals surface area (Å²) in [6.45, 7) is 7.08. The van der Waals surface area contributed by atoms with Crippen LogP contribution in [0.25, 0.3) is 0 Å². The molecule has 0 aliphatic heterocycles. The Morgan fingerprint density at radius 2 is 1.95 bits per heavy atom. The highest BCUT2D eigenvalue weighted by Gasteiger charge is 2.37. The molecule has 0 saturated heterocycles. The van der Waals surface area contributed by atoms with Crippen molar-refractivity contribution in [1.29, 1.82) is 0 Å². The van der Waals surface area contributed by atoms with Crippen LogP contribution in [0.3, 0.4) is 0 Å². The van der Waals surface area contributed by atoms with E-state index >= 15 is 0 Å². The van der Waals surface area contributed by atoms with E-state index in [1.165, 1.54) is 0 Å². The van der Waals surface area contributed by atoms with Crippen LogP contribution < -0.4 is 5.32 Å². The molecule has 1 rings (SSSR count). The lowest BCUT2D eigenvalue weighted by Crippen LogP contribution is -2.43. The second kappa shape index (κ2) is 6.73. The van der Waals surface area contributed by atoms with Gasteiger partial charge in [0.25, 0.3) is 0 Å². The molecule has 102 valence electrons. The van der Waals surface area contributed by atoms with Gasteiger partial charge >= 0.3 is 5.97 Å². The van der Waals surface area contributed by atoms with Gasteiger partial charge in [-0.1, -0.05) is 36.4 Å². The van der Waals surface area contributed by atoms with Gasteiger partial charge in [0, 0.05) is 6.54 Å². The second-order valence-corrected chi connectivity index (χ2v) is 4.69. The Morgan fingerprint density at radius 1 is 1.32 bits per heavy atom. The van der Waals surface area contributed by atoms with Crippen molar-refractivity contribution >= 4 is 11.9 Å². The van der Waals surface area contributed by atoms with Crippen LogP contribution in [-0.4, -0.2) is 18.4 Å². The fourth-order valence-corrected chi connectivity index (χ4v) is 1.38. The third-order valence-electron chi connectivity index (χ3n) is 2.70. The average molecular weight is 261 g/mol. The first-order valence-electron chi connectivity index (χ1n) is 6.09. The number of amides is 1. The van der Waals surface area contributed by atoms with Crippen molar-refractivity contribution < 1.29 is 14.3 Å². The Labute approximate surface area is 113 Å². The number of carbonyl (C=O) groups excluding carboxylic acids is 2. The lowest BCUT2D eigenvalue weighted by molar-refractivity contribution is -0.160. The summed E-state index contributed by atoms with van der Waals surface area (Å²) in [6, 6.07) is 9.34. The minimum atomic E-state index is -1.21. The predicted octanol–water partition coefficient (Wildman–Crippen LogP) is 2.06. The van der Waals surface area contributed by atoms with E-state index in [1.54, 1.807) is 19.9 Å². The van der Waals surface area contributed by atoms with Crippen molar-refractivity contribution in [2.75, 3.05) is 6.54 Å². The van der Waals surface area contributed by atoms with Gasteiger partial charge in [-0.25, -0.2) is 0 Å². The molecular formula is C15H19NO3. The number of rotatable bonds is 6. The first-order chi connectivity index (χ1) is 8.98. The molecule has 4 heteroatoms. The lowest BCUT2D eigenvalue weighted by atomic mass is 9.92. The van der Waals surface area contributed by atoms with Gasteiger partial charge in [0.05, 0.1) is 0 Å². The molecule has 0 fully saturated rings. The molecule has 1 amide bonds. The maximum atomic E-state index is 11.9. The first kappa shape index (κ1) is 15.0. The summed E-state index contributed by atoms with van der Waals surface area (Å²) in [6.07, 6.45) is 1.56. The van der Waals surface area contributed by atoms with Gasteiger partial charge < -0.3 is 10.1 Å². The second-order valence-electron chi connectivity index (χ2n) is 4.69. The van der Waals surface area contributed by atoms with Gasteiger partial charge in [0.2, 0.25) is 5.91 Å². The van der Waals surface area contributed by atoms with Crippen LogP contribution in [0.1, 0.15) is 19.4 Å². The zero-order valence-electron chi connectivity index (χ0n) is 11.3. The molecule has 0 aliphatic rings. The minimum Gasteiger partial charge on any atom is -0.460 e. The molecule has 0 radical (unpaired) electrons. The summed E-state index contributed by atoms with van der Waals surface area (Å²) in [7, 11) is 0. The van der Waals surface area contributed by atoms with Crippen LogP contribution in [0.5, 0.6) is 0 Å². The van der Waals surface area contributed by atoms with Gasteiger partial charge in [0.15, 0.2) is 0 Å². The Morgan fingerprint density at radius 3 is 2.53 bits per heavy atom. The predicted molar refractivity (Wildman–Crippen MR) is 73.2 cm³/mol. The summed E-state index contributed by atoms with van der Waals surface area (Å²) in [5, 5.41) is 2.59. The normalized spacial score (nSPS) is 10.6. The molecule has 19 heavy (non-hydrogen) atoms. The van der Waals surface area contributed by atoms with E-state index in [9.17, 15) is 9.59 Å². The lowest BCUT2D eigenvalue weighted by Gasteiger charge is -2.21. The van der Waals surface area contributed by atoms with Gasteiger partial charge in [0.1, 0.15) is 12.0 Å². The monoisotopic (exact) mass is 261 g/mol. The van der Waals surface area contributed by atoms with Crippen LogP contribution in [0, 0.1) is 5.41 Å². The largest absolute Gasteiger partial charge is 0.460 e. The van der Waals surface area contributed by atoms with E-state index < -0.39 is 11.4 Å². The van der Waals surface area contributed by atoms with Crippen LogP contribution >= 0.6 is 0 Å². The molecule has 0 aromatic heterocycles. The standard InChI is InChI=1S/C15H19NO3/c1-4-10-16-13(17)15(2,3)14(18)19-11-12-8-6-5-7-9-12/h4-9H,1,10-11H2,2-3H3,(H,16,17). The first-order valence-corrected chi connectivity index (χ1v) is 6.09. The number of esters is 1. The van der Waals surface area contributed by atoms with Gasteiger partial charge in [-0.15, -0.1) is 6.58 Å². The van der Waals surface area contributed by atoms with Gasteiger partial charge in [-0.3, -0.25) is 9.59 Å². The van der Waals surface area contributed by atoms with Crippen LogP contribution in [0.4, 0.5) is 0 Å². The highest BCUT2D eigenvalue weighted by Crippen LogP contribution is 2.18. The van der Waals surface area contributed by atoms with Gasteiger partial charge in [-0.2, -0.15) is 0 Å². The fourth-order valence-electron chi connectivity index (χ4n) is 1.38. The summed E-state index contributed by atoms with van der Waals surface area (Å²) in [5.74, 6) is -0.914. The van der Waals surface area contributed by atoms with Gasteiger partial charge in [-0.05, 0) is 19.4 Å². The molecule has 0 spiro atoms. The quantitative estimate of drug-likeness (QED) is 0.484. The number of ether oxygens (including phenoxy) is 1. The zero-order valence-corrected chi connectivity index (χ0v) is 11.3. The van der Waals surface area contributed by atoms with Crippen molar-refractivity contribution in [1.82, 2.24) is 5.32 Å². The van der Waals surface area contributed by atoms with E-state index in [-0.39, 0.29) is 12.5 Å². The number of nitrogens with one attached hydrogen (secondary N) is 1. The minimum absolute atomic E-state index is 0.165. The molecule has 0 atom stereocenters. The number of hydrogen-bond donors (Lipinski definition) is 1. The third kappa shape index (κ3) is 4.25. The molecule has 1 aromatic carbocycles. The molecule has 0 bridgehead atoms. The zero-order chi connectivity index (χ0) is 14.3. The maximum absolute atomic E-state index is 11.9. The molecule has 0 saturated carbocycles. The Balaban J connectivity index is 2.56. The molecule has 1 aromatic rings. The number of hydrogen-bond acceptors (Lipinski definition) is 3. The van der Waals surface area contributed by atoms with Crippen molar-refractivity contribution in [2.24, 2.45) is 5.41 Å². The van der Waals surface area contributed by atoms with Crippen molar-refractivity contribution in [3.8, 4) is 0 Å². The Bertz CT molecular complexity index is 452. The summed E-state index contributed by atoms with van der Waals surface area (Å²) >= 11 is 0. The average Bonchev–Trinajstić information content (AvgIpc) is 2.42. The summed E-state index contributed by atoms with van der Waals surface area (Å²) in [5.41, 5.74) is -0.323. The van der Waals surface area contributed by atoms with E-state index in [0.29, 0.717) is 6.54 Å². The molecule has 0 heterocycles. The Hall–Kier alpha value is -2.10. The topological polar surface area (TPSA) is 55.4 Å². The smallest absolute Gasteiger partial charge is 0.321 e. The summed E-state index contributed by atoms with van der Waals surface area (Å²) in [4.78, 5) is 23.8. The molecule has 0 unspecified atom stereocenters. The van der Waals surface area contributed by atoms with E-state index in [0.717, 1.165) is 5.56 Å². The van der Waals surface area contributed by atoms with Crippen LogP contribution in [-0.2, 0) is 20.9 Å². The van der Waals surface area contributed by atoms with E-state index in [2.05, 4.69) is 11.9 Å². The van der Waals surface area contributed by atoms with Crippen molar-refractivity contribution in [3.63, 3.8) is 0 Å². The molecule has 1 N–H and O–H groups in total. The Kier molecular flexibility index (Phi) is 5.30. The number of carbonyl (C=O) groups is 2. The van der Waals surface area contributed by atoms with Crippen LogP contribution in [0.2, 0.25) is 0 Å². The van der Waals surface area contributed by atoms with Crippen molar-refractivity contribution in [3.05, 3.63) is 48.6 Å². The SMILES string of the molecule is C=CCNC(=O)C(C)(C)C(=O)OCc1ccccc1. The molecule has 4 nitrogen and oxygen atoms in total. The fraction of sp³-hybridized carbons (Fsp3) is 0.333. The van der Waals surface area contributed by atoms with Crippen LogP contribution in [0.15, 0.2) is 43.0 Å². The molecular weight excluding hydrogens is 242 g/mol. The summed E-state index contributed by atoms with van der Waals surface area (Å²) < 4.78 is 5.17. The maximum Gasteiger partial charge on any atom is 0.321 e. The molecule has 0 aliphatic carbocycles. The number of benzene rings is 1.